The van der Waals surface area contributed by atoms with E-state index in [1.54, 1.807) is 6.33 Å². The van der Waals surface area contributed by atoms with Gasteiger partial charge in [0, 0.05) is 17.4 Å². The van der Waals surface area contributed by atoms with Crippen LogP contribution in [-0.4, -0.2) is 38.0 Å². The molecule has 2 saturated carbocycles. The summed E-state index contributed by atoms with van der Waals surface area (Å²) in [7, 11) is 0. The Morgan fingerprint density at radius 3 is 2.58 bits per heavy atom. The maximum absolute atomic E-state index is 12.8. The number of imidazole rings is 1. The summed E-state index contributed by atoms with van der Waals surface area (Å²) < 4.78 is 8.02. The molecule has 0 aliphatic heterocycles. The van der Waals surface area contributed by atoms with Gasteiger partial charge in [-0.25, -0.2) is 9.97 Å². The topological polar surface area (TPSA) is 68.5 Å². The molecule has 0 radical (unpaired) electrons. The number of nitrogens with zero attached hydrogens (tertiary/aromatic N) is 3. The van der Waals surface area contributed by atoms with Gasteiger partial charge < -0.3 is 10.1 Å². The largest absolute Gasteiger partial charge is 0.373 e. The van der Waals surface area contributed by atoms with Gasteiger partial charge in [-0.1, -0.05) is 0 Å². The third kappa shape index (κ3) is 3.11. The second-order valence-corrected chi connectivity index (χ2v) is 8.90. The van der Waals surface area contributed by atoms with Crippen molar-refractivity contribution in [3.63, 3.8) is 0 Å². The zero-order valence-corrected chi connectivity index (χ0v) is 16.2. The van der Waals surface area contributed by atoms with Crippen molar-refractivity contribution in [3.8, 4) is 0 Å². The Kier molecular flexibility index (Phi) is 4.06. The Bertz CT molecular complexity index is 839. The maximum atomic E-state index is 12.8. The number of aryl methyl sites for hydroxylation is 2. The number of hydrogen-bond donors (Lipinski definition) is 1. The first-order valence-corrected chi connectivity index (χ1v) is 9.51. The van der Waals surface area contributed by atoms with Gasteiger partial charge in [-0.05, 0) is 71.8 Å². The summed E-state index contributed by atoms with van der Waals surface area (Å²) in [6.45, 7) is 10.2. The van der Waals surface area contributed by atoms with Crippen LogP contribution in [0.15, 0.2) is 12.4 Å². The molecule has 0 spiro atoms. The summed E-state index contributed by atoms with van der Waals surface area (Å²) in [5, 5.41) is 3.22. The molecule has 26 heavy (non-hydrogen) atoms. The highest BCUT2D eigenvalue weighted by Gasteiger charge is 2.49. The smallest absolute Gasteiger partial charge is 0.274 e. The standard InChI is InChI=1S/C20H28N4O2/c1-11-6-12(2)24-10-21-17(18(24)22-11)19(25)23-16-13-7-14(16)9-15(8-13)26-20(3,4)5/h6,10,13-16H,7-9H2,1-5H3,(H,23,25)/t13-,14?,15?,16?/m1/s1. The summed E-state index contributed by atoms with van der Waals surface area (Å²) in [4.78, 5) is 21.7. The quantitative estimate of drug-likeness (QED) is 0.918. The number of fused-ring (bicyclic) bond motifs is 3. The zero-order chi connectivity index (χ0) is 18.6. The van der Waals surface area contributed by atoms with Crippen LogP contribution in [0.1, 0.15) is 61.9 Å². The van der Waals surface area contributed by atoms with Gasteiger partial charge in [-0.15, -0.1) is 0 Å². The minimum Gasteiger partial charge on any atom is -0.373 e. The van der Waals surface area contributed by atoms with E-state index < -0.39 is 0 Å². The van der Waals surface area contributed by atoms with Gasteiger partial charge >= 0.3 is 0 Å². The third-order valence-electron chi connectivity index (χ3n) is 5.61. The first-order valence-electron chi connectivity index (χ1n) is 9.51. The van der Waals surface area contributed by atoms with Gasteiger partial charge in [0.25, 0.3) is 5.91 Å². The summed E-state index contributed by atoms with van der Waals surface area (Å²) in [5.74, 6) is 0.908. The SMILES string of the molecule is Cc1cc(C)n2cnc(C(=O)NC3C4CC(OC(C)(C)C)C[C@H]3C4)c2n1. The van der Waals surface area contributed by atoms with Crippen LogP contribution in [0.25, 0.3) is 5.65 Å². The molecule has 2 heterocycles. The van der Waals surface area contributed by atoms with E-state index in [9.17, 15) is 4.79 Å². The van der Waals surface area contributed by atoms with E-state index in [0.29, 0.717) is 29.3 Å². The molecule has 6 heteroatoms. The van der Waals surface area contributed by atoms with Crippen LogP contribution in [0.3, 0.4) is 0 Å². The normalized spacial score (nSPS) is 28.0. The van der Waals surface area contributed by atoms with Crippen molar-refractivity contribution < 1.29 is 9.53 Å². The lowest BCUT2D eigenvalue weighted by Crippen LogP contribution is -2.59. The first-order chi connectivity index (χ1) is 12.2. The Labute approximate surface area is 154 Å². The molecule has 2 aromatic rings. The second-order valence-electron chi connectivity index (χ2n) is 8.90. The fraction of sp³-hybridized carbons (Fsp3) is 0.650. The molecule has 0 saturated heterocycles. The number of carbonyl (C=O) groups excluding carboxylic acids is 1. The highest BCUT2D eigenvalue weighted by atomic mass is 16.5. The predicted molar refractivity (Wildman–Crippen MR) is 99.2 cm³/mol. The number of hydrogen-bond acceptors (Lipinski definition) is 4. The Morgan fingerprint density at radius 1 is 1.23 bits per heavy atom. The van der Waals surface area contributed by atoms with Crippen molar-refractivity contribution in [2.75, 3.05) is 0 Å². The van der Waals surface area contributed by atoms with Gasteiger partial charge in [0.05, 0.1) is 11.7 Å². The van der Waals surface area contributed by atoms with E-state index in [1.165, 1.54) is 6.42 Å². The Morgan fingerprint density at radius 2 is 1.92 bits per heavy atom. The summed E-state index contributed by atoms with van der Waals surface area (Å²) in [6.07, 6.45) is 5.24. The van der Waals surface area contributed by atoms with Crippen LogP contribution < -0.4 is 5.32 Å². The lowest BCUT2D eigenvalue weighted by molar-refractivity contribution is -0.125. The van der Waals surface area contributed by atoms with Crippen molar-refractivity contribution in [1.82, 2.24) is 19.7 Å². The van der Waals surface area contributed by atoms with Crippen molar-refractivity contribution in [1.29, 1.82) is 0 Å². The van der Waals surface area contributed by atoms with Crippen LogP contribution in [0, 0.1) is 25.7 Å². The molecule has 1 amide bonds. The average molecular weight is 356 g/mol. The van der Waals surface area contributed by atoms with Gasteiger partial charge in [-0.3, -0.25) is 9.20 Å². The fourth-order valence-electron chi connectivity index (χ4n) is 4.62. The van der Waals surface area contributed by atoms with Crippen LogP contribution in [-0.2, 0) is 4.74 Å². The molecule has 6 nitrogen and oxygen atoms in total. The highest BCUT2D eigenvalue weighted by molar-refractivity contribution is 5.98. The molecule has 3 unspecified atom stereocenters. The molecule has 2 aliphatic carbocycles. The summed E-state index contributed by atoms with van der Waals surface area (Å²) in [6, 6.07) is 2.23. The number of carbonyl (C=O) groups is 1. The van der Waals surface area contributed by atoms with E-state index in [2.05, 4.69) is 36.1 Å². The van der Waals surface area contributed by atoms with E-state index >= 15 is 0 Å². The molecule has 1 N–H and O–H groups in total. The lowest BCUT2D eigenvalue weighted by Gasteiger charge is -2.53. The van der Waals surface area contributed by atoms with E-state index in [1.807, 2.05) is 24.3 Å². The Hall–Kier alpha value is -1.95. The molecule has 4 rings (SSSR count). The van der Waals surface area contributed by atoms with Crippen LogP contribution >= 0.6 is 0 Å². The third-order valence-corrected chi connectivity index (χ3v) is 5.61. The summed E-state index contributed by atoms with van der Waals surface area (Å²) in [5.41, 5.74) is 2.88. The van der Waals surface area contributed by atoms with Gasteiger partial charge in [0.1, 0.15) is 6.33 Å². The van der Waals surface area contributed by atoms with Crippen molar-refractivity contribution in [2.24, 2.45) is 11.8 Å². The predicted octanol–water partition coefficient (Wildman–Crippen LogP) is 3.06. The molecule has 2 aliphatic rings. The molecule has 2 aromatic heterocycles. The number of amides is 1. The van der Waals surface area contributed by atoms with Crippen molar-refractivity contribution in [2.45, 2.75) is 71.6 Å². The molecule has 0 aromatic carbocycles. The molecular formula is C20H28N4O2. The van der Waals surface area contributed by atoms with Gasteiger partial charge in [-0.2, -0.15) is 0 Å². The number of nitrogens with one attached hydrogen (secondary N) is 1. The van der Waals surface area contributed by atoms with Crippen LogP contribution in [0.4, 0.5) is 0 Å². The van der Waals surface area contributed by atoms with Gasteiger partial charge in [0.2, 0.25) is 0 Å². The average Bonchev–Trinajstić information content (AvgIpc) is 2.95. The Balaban J connectivity index is 1.46. The molecular weight excluding hydrogens is 328 g/mol. The molecule has 140 valence electrons. The number of rotatable bonds is 3. The van der Waals surface area contributed by atoms with E-state index in [-0.39, 0.29) is 17.6 Å². The molecule has 2 fully saturated rings. The van der Waals surface area contributed by atoms with Gasteiger partial charge in [0.15, 0.2) is 11.3 Å². The lowest BCUT2D eigenvalue weighted by atomic mass is 9.60. The maximum Gasteiger partial charge on any atom is 0.274 e. The van der Waals surface area contributed by atoms with Crippen molar-refractivity contribution in [3.05, 3.63) is 29.5 Å². The van der Waals surface area contributed by atoms with E-state index in [0.717, 1.165) is 24.2 Å². The van der Waals surface area contributed by atoms with Crippen LogP contribution in [0.2, 0.25) is 0 Å². The first kappa shape index (κ1) is 17.5. The molecule has 2 bridgehead atoms. The number of ether oxygens (including phenoxy) is 1. The minimum absolute atomic E-state index is 0.107. The van der Waals surface area contributed by atoms with Crippen molar-refractivity contribution >= 4 is 11.6 Å². The zero-order valence-electron chi connectivity index (χ0n) is 16.2. The highest BCUT2D eigenvalue weighted by Crippen LogP contribution is 2.47. The number of aromatic nitrogens is 3. The van der Waals surface area contributed by atoms with E-state index in [4.69, 9.17) is 4.74 Å². The summed E-state index contributed by atoms with van der Waals surface area (Å²) >= 11 is 0. The molecule has 4 atom stereocenters. The minimum atomic E-state index is -0.111. The second kappa shape index (κ2) is 6.05. The fourth-order valence-corrected chi connectivity index (χ4v) is 4.62. The van der Waals surface area contributed by atoms with Crippen LogP contribution in [0.5, 0.6) is 0 Å². The monoisotopic (exact) mass is 356 g/mol.